The third kappa shape index (κ3) is 4.73. The third-order valence-corrected chi connectivity index (χ3v) is 7.39. The lowest BCUT2D eigenvalue weighted by Gasteiger charge is -2.39. The topological polar surface area (TPSA) is 58.6 Å². The SMILES string of the molecule is CCN(CC)c1ccc(C2C(C(=O)OC3CCCC3)=C(C)NC3=C2C(=O)CC(C)(C)C3)cc1. The van der Waals surface area contributed by atoms with Gasteiger partial charge in [-0.1, -0.05) is 26.0 Å². The van der Waals surface area contributed by atoms with E-state index >= 15 is 0 Å². The predicted octanol–water partition coefficient (Wildman–Crippen LogP) is 5.62. The lowest BCUT2D eigenvalue weighted by molar-refractivity contribution is -0.144. The highest BCUT2D eigenvalue weighted by atomic mass is 16.5. The minimum Gasteiger partial charge on any atom is -0.459 e. The van der Waals surface area contributed by atoms with Gasteiger partial charge in [-0.2, -0.15) is 0 Å². The van der Waals surface area contributed by atoms with Gasteiger partial charge in [-0.3, -0.25) is 4.79 Å². The Kier molecular flexibility index (Phi) is 6.69. The molecule has 1 unspecified atom stereocenters. The van der Waals surface area contributed by atoms with Gasteiger partial charge < -0.3 is 15.0 Å². The van der Waals surface area contributed by atoms with Crippen molar-refractivity contribution >= 4 is 17.4 Å². The van der Waals surface area contributed by atoms with Gasteiger partial charge in [0.05, 0.1) is 5.57 Å². The molecule has 0 saturated heterocycles. The summed E-state index contributed by atoms with van der Waals surface area (Å²) in [5.41, 5.74) is 5.13. The Morgan fingerprint density at radius 3 is 2.33 bits per heavy atom. The first kappa shape index (κ1) is 23.6. The molecule has 0 aromatic heterocycles. The Morgan fingerprint density at radius 2 is 1.73 bits per heavy atom. The number of nitrogens with one attached hydrogen (secondary N) is 1. The van der Waals surface area contributed by atoms with Crippen LogP contribution in [-0.4, -0.2) is 30.9 Å². The smallest absolute Gasteiger partial charge is 0.337 e. The van der Waals surface area contributed by atoms with Crippen LogP contribution in [0.25, 0.3) is 0 Å². The standard InChI is InChI=1S/C28H38N2O3/c1-6-30(7-2)20-14-12-19(13-15-20)25-24(27(32)33-21-10-8-9-11-21)18(3)29-22-16-28(4,5)17-23(31)26(22)25/h12-15,21,25,29H,6-11,16-17H2,1-5H3. The number of allylic oxidation sites excluding steroid dienone is 3. The highest BCUT2D eigenvalue weighted by Gasteiger charge is 2.43. The molecule has 1 aromatic carbocycles. The molecule has 0 spiro atoms. The second-order valence-corrected chi connectivity index (χ2v) is 10.5. The summed E-state index contributed by atoms with van der Waals surface area (Å²) in [4.78, 5) is 29.2. The van der Waals surface area contributed by atoms with Gasteiger partial charge in [-0.15, -0.1) is 0 Å². The van der Waals surface area contributed by atoms with E-state index in [1.807, 2.05) is 6.92 Å². The molecule has 0 radical (unpaired) electrons. The number of esters is 1. The minimum atomic E-state index is -0.385. The lowest BCUT2D eigenvalue weighted by atomic mass is 9.68. The van der Waals surface area contributed by atoms with Crippen LogP contribution < -0.4 is 10.2 Å². The molecule has 1 saturated carbocycles. The zero-order valence-electron chi connectivity index (χ0n) is 20.8. The normalized spacial score (nSPS) is 22.8. The van der Waals surface area contributed by atoms with Crippen molar-refractivity contribution in [1.29, 1.82) is 0 Å². The molecule has 33 heavy (non-hydrogen) atoms. The van der Waals surface area contributed by atoms with Crippen molar-refractivity contribution in [2.24, 2.45) is 5.41 Å². The molecular weight excluding hydrogens is 412 g/mol. The van der Waals surface area contributed by atoms with Gasteiger partial charge in [0.25, 0.3) is 0 Å². The van der Waals surface area contributed by atoms with E-state index in [4.69, 9.17) is 4.74 Å². The van der Waals surface area contributed by atoms with Gasteiger partial charge >= 0.3 is 5.97 Å². The summed E-state index contributed by atoms with van der Waals surface area (Å²) in [6.07, 6.45) is 5.34. The maximum Gasteiger partial charge on any atom is 0.337 e. The van der Waals surface area contributed by atoms with Crippen LogP contribution in [0.1, 0.15) is 84.6 Å². The molecule has 1 aliphatic heterocycles. The van der Waals surface area contributed by atoms with Gasteiger partial charge in [-0.25, -0.2) is 4.79 Å². The highest BCUT2D eigenvalue weighted by molar-refractivity contribution is 6.04. The first-order valence-electron chi connectivity index (χ1n) is 12.5. The van der Waals surface area contributed by atoms with E-state index in [9.17, 15) is 9.59 Å². The number of anilines is 1. The number of ether oxygens (including phenoxy) is 1. The molecule has 1 fully saturated rings. The van der Waals surface area contributed by atoms with Crippen molar-refractivity contribution in [1.82, 2.24) is 5.32 Å². The highest BCUT2D eigenvalue weighted by Crippen LogP contribution is 2.47. The van der Waals surface area contributed by atoms with E-state index in [1.54, 1.807) is 0 Å². The van der Waals surface area contributed by atoms with Gasteiger partial charge in [0.15, 0.2) is 5.78 Å². The Hall–Kier alpha value is -2.56. The third-order valence-electron chi connectivity index (χ3n) is 7.39. The Morgan fingerprint density at radius 1 is 1.09 bits per heavy atom. The summed E-state index contributed by atoms with van der Waals surface area (Å²) in [5.74, 6) is -0.538. The predicted molar refractivity (Wildman–Crippen MR) is 132 cm³/mol. The Balaban J connectivity index is 1.76. The number of rotatable bonds is 6. The first-order chi connectivity index (χ1) is 15.7. The van der Waals surface area contributed by atoms with E-state index in [2.05, 4.69) is 62.2 Å². The summed E-state index contributed by atoms with van der Waals surface area (Å²) < 4.78 is 5.95. The lowest BCUT2D eigenvalue weighted by Crippen LogP contribution is -2.39. The molecule has 1 heterocycles. The van der Waals surface area contributed by atoms with Crippen molar-refractivity contribution < 1.29 is 14.3 Å². The van der Waals surface area contributed by atoms with E-state index in [0.717, 1.165) is 73.4 Å². The summed E-state index contributed by atoms with van der Waals surface area (Å²) in [6.45, 7) is 12.4. The largest absolute Gasteiger partial charge is 0.459 e. The van der Waals surface area contributed by atoms with Crippen molar-refractivity contribution in [3.8, 4) is 0 Å². The van der Waals surface area contributed by atoms with Crippen molar-refractivity contribution in [3.63, 3.8) is 0 Å². The maximum absolute atomic E-state index is 13.5. The molecule has 4 rings (SSSR count). The van der Waals surface area contributed by atoms with Crippen LogP contribution in [0.5, 0.6) is 0 Å². The number of nitrogens with zero attached hydrogens (tertiary/aromatic N) is 1. The number of benzene rings is 1. The number of ketones is 1. The molecule has 5 nitrogen and oxygen atoms in total. The Labute approximate surface area is 198 Å². The monoisotopic (exact) mass is 450 g/mol. The average molecular weight is 451 g/mol. The Bertz CT molecular complexity index is 977. The molecule has 1 aromatic rings. The number of hydrogen-bond donors (Lipinski definition) is 1. The van der Waals surface area contributed by atoms with Crippen molar-refractivity contribution in [2.75, 3.05) is 18.0 Å². The molecule has 178 valence electrons. The number of Topliss-reactive ketones (excluding diaryl/α,β-unsaturated/α-hetero) is 1. The number of carbonyl (C=O) groups excluding carboxylic acids is 2. The molecule has 0 bridgehead atoms. The van der Waals surface area contributed by atoms with Crippen LogP contribution >= 0.6 is 0 Å². The van der Waals surface area contributed by atoms with Crippen LogP contribution in [0.2, 0.25) is 0 Å². The summed E-state index contributed by atoms with van der Waals surface area (Å²) in [6, 6.07) is 8.38. The van der Waals surface area contributed by atoms with Crippen molar-refractivity contribution in [3.05, 3.63) is 52.4 Å². The van der Waals surface area contributed by atoms with Gasteiger partial charge in [0, 0.05) is 48.1 Å². The van der Waals surface area contributed by atoms with Crippen LogP contribution in [0.15, 0.2) is 46.8 Å². The summed E-state index contributed by atoms with van der Waals surface area (Å²) >= 11 is 0. The summed E-state index contributed by atoms with van der Waals surface area (Å²) in [5, 5.41) is 3.44. The molecule has 5 heteroatoms. The minimum absolute atomic E-state index is 0.0140. The molecule has 1 atom stereocenters. The van der Waals surface area contributed by atoms with E-state index < -0.39 is 0 Å². The molecule has 0 amide bonds. The van der Waals surface area contributed by atoms with Gasteiger partial charge in [0.2, 0.25) is 0 Å². The average Bonchev–Trinajstić information content (AvgIpc) is 3.26. The second kappa shape index (κ2) is 9.36. The quantitative estimate of drug-likeness (QED) is 0.570. The van der Waals surface area contributed by atoms with Crippen molar-refractivity contribution in [2.45, 2.75) is 85.2 Å². The first-order valence-corrected chi connectivity index (χ1v) is 12.5. The van der Waals surface area contributed by atoms with Crippen LogP contribution in [-0.2, 0) is 14.3 Å². The number of carbonyl (C=O) groups is 2. The van der Waals surface area contributed by atoms with Crippen LogP contribution in [0.4, 0.5) is 5.69 Å². The summed E-state index contributed by atoms with van der Waals surface area (Å²) in [7, 11) is 0. The van der Waals surface area contributed by atoms with Gasteiger partial charge in [-0.05, 0) is 76.0 Å². The maximum atomic E-state index is 13.5. The fraction of sp³-hybridized carbons (Fsp3) is 0.571. The van der Waals surface area contributed by atoms with E-state index in [1.165, 1.54) is 0 Å². The van der Waals surface area contributed by atoms with E-state index in [0.29, 0.717) is 12.0 Å². The van der Waals surface area contributed by atoms with Crippen LogP contribution in [0, 0.1) is 5.41 Å². The molecule has 2 aliphatic carbocycles. The fourth-order valence-corrected chi connectivity index (χ4v) is 5.73. The van der Waals surface area contributed by atoms with Gasteiger partial charge in [0.1, 0.15) is 6.10 Å². The molecule has 3 aliphatic rings. The number of dihydropyridines is 1. The number of hydrogen-bond acceptors (Lipinski definition) is 5. The second-order valence-electron chi connectivity index (χ2n) is 10.5. The zero-order valence-corrected chi connectivity index (χ0v) is 20.8. The fourth-order valence-electron chi connectivity index (χ4n) is 5.73. The molecular formula is C28H38N2O3. The molecule has 1 N–H and O–H groups in total. The zero-order chi connectivity index (χ0) is 23.8. The van der Waals surface area contributed by atoms with Crippen LogP contribution in [0.3, 0.4) is 0 Å². The van der Waals surface area contributed by atoms with E-state index in [-0.39, 0.29) is 29.2 Å².